The monoisotopic (exact) mass is 246 g/mol. The van der Waals surface area contributed by atoms with Crippen LogP contribution in [0.5, 0.6) is 5.75 Å². The first kappa shape index (κ1) is 14.5. The van der Waals surface area contributed by atoms with Crippen LogP contribution >= 0.6 is 0 Å². The Hall–Kier alpha value is -1.57. The van der Waals surface area contributed by atoms with Gasteiger partial charge in [-0.2, -0.15) is 0 Å². The Morgan fingerprint density at radius 3 is 2.50 bits per heavy atom. The van der Waals surface area contributed by atoms with Gasteiger partial charge in [0.15, 0.2) is 0 Å². The number of ether oxygens (including phenoxy) is 1. The SMILES string of the molecule is C=Cc1ccc(OC(=O)C(CC)CCCC)cc1. The molecule has 0 saturated heterocycles. The Morgan fingerprint density at radius 1 is 1.33 bits per heavy atom. The molecule has 0 amide bonds. The number of unbranched alkanes of at least 4 members (excludes halogenated alkanes) is 1. The molecule has 1 rings (SSSR count). The summed E-state index contributed by atoms with van der Waals surface area (Å²) in [6.07, 6.45) is 5.70. The normalized spacial score (nSPS) is 11.9. The van der Waals surface area contributed by atoms with Crippen LogP contribution < -0.4 is 4.74 Å². The van der Waals surface area contributed by atoms with E-state index in [2.05, 4.69) is 13.5 Å². The minimum absolute atomic E-state index is 0.0176. The van der Waals surface area contributed by atoms with E-state index in [1.54, 1.807) is 18.2 Å². The largest absolute Gasteiger partial charge is 0.426 e. The molecule has 0 saturated carbocycles. The first-order valence-electron chi connectivity index (χ1n) is 6.65. The number of carbonyl (C=O) groups excluding carboxylic acids is 1. The summed E-state index contributed by atoms with van der Waals surface area (Å²) in [7, 11) is 0. The van der Waals surface area contributed by atoms with Crippen molar-refractivity contribution in [2.24, 2.45) is 5.92 Å². The van der Waals surface area contributed by atoms with Crippen LogP contribution in [0.2, 0.25) is 0 Å². The van der Waals surface area contributed by atoms with Crippen molar-refractivity contribution in [2.45, 2.75) is 39.5 Å². The molecule has 98 valence electrons. The van der Waals surface area contributed by atoms with E-state index in [0.29, 0.717) is 5.75 Å². The lowest BCUT2D eigenvalue weighted by molar-refractivity contribution is -0.139. The fourth-order valence-corrected chi connectivity index (χ4v) is 1.81. The van der Waals surface area contributed by atoms with Crippen LogP contribution in [0.25, 0.3) is 6.08 Å². The van der Waals surface area contributed by atoms with E-state index in [1.807, 2.05) is 19.1 Å². The second-order valence-electron chi connectivity index (χ2n) is 4.44. The van der Waals surface area contributed by atoms with Gasteiger partial charge in [0, 0.05) is 0 Å². The van der Waals surface area contributed by atoms with Gasteiger partial charge in [-0.25, -0.2) is 0 Å². The van der Waals surface area contributed by atoms with Gasteiger partial charge in [0.25, 0.3) is 0 Å². The van der Waals surface area contributed by atoms with Gasteiger partial charge in [-0.05, 0) is 30.5 Å². The molecule has 0 fully saturated rings. The average Bonchev–Trinajstić information content (AvgIpc) is 2.40. The zero-order valence-corrected chi connectivity index (χ0v) is 11.3. The molecule has 0 spiro atoms. The van der Waals surface area contributed by atoms with Crippen molar-refractivity contribution < 1.29 is 9.53 Å². The highest BCUT2D eigenvalue weighted by Gasteiger charge is 2.17. The van der Waals surface area contributed by atoms with E-state index >= 15 is 0 Å². The van der Waals surface area contributed by atoms with Crippen LogP contribution in [0.4, 0.5) is 0 Å². The van der Waals surface area contributed by atoms with E-state index in [1.165, 1.54) is 0 Å². The summed E-state index contributed by atoms with van der Waals surface area (Å²) < 4.78 is 5.39. The summed E-state index contributed by atoms with van der Waals surface area (Å²) in [6, 6.07) is 7.40. The van der Waals surface area contributed by atoms with Gasteiger partial charge < -0.3 is 4.74 Å². The number of carbonyl (C=O) groups is 1. The smallest absolute Gasteiger partial charge is 0.314 e. The molecule has 2 heteroatoms. The number of hydrogen-bond acceptors (Lipinski definition) is 2. The summed E-state index contributed by atoms with van der Waals surface area (Å²) in [5, 5.41) is 0. The van der Waals surface area contributed by atoms with E-state index in [-0.39, 0.29) is 11.9 Å². The maximum absolute atomic E-state index is 12.0. The zero-order chi connectivity index (χ0) is 13.4. The highest BCUT2D eigenvalue weighted by molar-refractivity contribution is 5.75. The molecule has 0 aliphatic carbocycles. The van der Waals surface area contributed by atoms with Crippen molar-refractivity contribution in [1.82, 2.24) is 0 Å². The van der Waals surface area contributed by atoms with Gasteiger partial charge in [0.2, 0.25) is 0 Å². The minimum Gasteiger partial charge on any atom is -0.426 e. The van der Waals surface area contributed by atoms with Crippen molar-refractivity contribution in [2.75, 3.05) is 0 Å². The third kappa shape index (κ3) is 4.36. The molecule has 0 aromatic heterocycles. The third-order valence-corrected chi connectivity index (χ3v) is 3.07. The molecule has 1 unspecified atom stereocenters. The highest BCUT2D eigenvalue weighted by Crippen LogP contribution is 2.18. The first-order chi connectivity index (χ1) is 8.71. The number of rotatable bonds is 7. The Bertz CT molecular complexity index is 379. The van der Waals surface area contributed by atoms with E-state index < -0.39 is 0 Å². The average molecular weight is 246 g/mol. The van der Waals surface area contributed by atoms with Crippen molar-refractivity contribution in [3.05, 3.63) is 36.4 Å². The van der Waals surface area contributed by atoms with Gasteiger partial charge in [-0.15, -0.1) is 0 Å². The molecule has 0 N–H and O–H groups in total. The highest BCUT2D eigenvalue weighted by atomic mass is 16.5. The summed E-state index contributed by atoms with van der Waals surface area (Å²) in [5.74, 6) is 0.516. The number of esters is 1. The second kappa shape index (κ2) is 7.70. The van der Waals surface area contributed by atoms with Gasteiger partial charge in [-0.3, -0.25) is 4.79 Å². The maximum atomic E-state index is 12.0. The fraction of sp³-hybridized carbons (Fsp3) is 0.438. The maximum Gasteiger partial charge on any atom is 0.314 e. The molecule has 0 bridgehead atoms. The molecule has 0 radical (unpaired) electrons. The van der Waals surface area contributed by atoms with Gasteiger partial charge >= 0.3 is 5.97 Å². The zero-order valence-electron chi connectivity index (χ0n) is 11.3. The molecule has 0 heterocycles. The van der Waals surface area contributed by atoms with Crippen LogP contribution in [0.1, 0.15) is 45.1 Å². The predicted octanol–water partition coefficient (Wildman–Crippen LogP) is 4.45. The Kier molecular flexibility index (Phi) is 6.20. The summed E-state index contributed by atoms with van der Waals surface area (Å²) >= 11 is 0. The van der Waals surface area contributed by atoms with E-state index in [0.717, 1.165) is 31.2 Å². The molecular weight excluding hydrogens is 224 g/mol. The topological polar surface area (TPSA) is 26.3 Å². The molecule has 0 aliphatic rings. The minimum atomic E-state index is -0.114. The Balaban J connectivity index is 2.58. The molecule has 1 atom stereocenters. The van der Waals surface area contributed by atoms with Crippen LogP contribution in [-0.4, -0.2) is 5.97 Å². The van der Waals surface area contributed by atoms with Crippen LogP contribution in [0.15, 0.2) is 30.8 Å². The van der Waals surface area contributed by atoms with Gasteiger partial charge in [0.1, 0.15) is 5.75 Å². The predicted molar refractivity (Wildman–Crippen MR) is 75.5 cm³/mol. The first-order valence-corrected chi connectivity index (χ1v) is 6.65. The number of hydrogen-bond donors (Lipinski definition) is 0. The lowest BCUT2D eigenvalue weighted by Crippen LogP contribution is -2.19. The van der Waals surface area contributed by atoms with Crippen molar-refractivity contribution in [3.63, 3.8) is 0 Å². The van der Waals surface area contributed by atoms with Gasteiger partial charge in [-0.1, -0.05) is 51.5 Å². The summed E-state index contributed by atoms with van der Waals surface area (Å²) in [4.78, 5) is 12.0. The molecule has 1 aromatic rings. The lowest BCUT2D eigenvalue weighted by Gasteiger charge is -2.13. The van der Waals surface area contributed by atoms with Crippen molar-refractivity contribution in [1.29, 1.82) is 0 Å². The lowest BCUT2D eigenvalue weighted by atomic mass is 10.00. The van der Waals surface area contributed by atoms with Crippen molar-refractivity contribution >= 4 is 12.0 Å². The third-order valence-electron chi connectivity index (χ3n) is 3.07. The summed E-state index contributed by atoms with van der Waals surface area (Å²) in [6.45, 7) is 7.85. The van der Waals surface area contributed by atoms with Crippen LogP contribution in [-0.2, 0) is 4.79 Å². The molecular formula is C16H22O2. The number of benzene rings is 1. The second-order valence-corrected chi connectivity index (χ2v) is 4.44. The molecule has 2 nitrogen and oxygen atoms in total. The van der Waals surface area contributed by atoms with Crippen LogP contribution in [0, 0.1) is 5.92 Å². The van der Waals surface area contributed by atoms with E-state index in [9.17, 15) is 4.79 Å². The van der Waals surface area contributed by atoms with Crippen LogP contribution in [0.3, 0.4) is 0 Å². The summed E-state index contributed by atoms with van der Waals surface area (Å²) in [5.41, 5.74) is 1.02. The van der Waals surface area contributed by atoms with Gasteiger partial charge in [0.05, 0.1) is 5.92 Å². The molecule has 0 aliphatic heterocycles. The Morgan fingerprint density at radius 2 is 2.00 bits per heavy atom. The molecule has 18 heavy (non-hydrogen) atoms. The molecule has 1 aromatic carbocycles. The quantitative estimate of drug-likeness (QED) is 0.524. The van der Waals surface area contributed by atoms with Crippen molar-refractivity contribution in [3.8, 4) is 5.75 Å². The standard InChI is InChI=1S/C16H22O2/c1-4-7-8-14(6-3)16(17)18-15-11-9-13(5-2)10-12-15/h5,9-12,14H,2,4,6-8H2,1,3H3. The fourth-order valence-electron chi connectivity index (χ4n) is 1.81. The Labute approximate surface area is 110 Å². The van der Waals surface area contributed by atoms with E-state index in [4.69, 9.17) is 4.74 Å².